The number of carbonyl (C=O) groups excluding carboxylic acids is 2. The van der Waals surface area contributed by atoms with Gasteiger partial charge in [-0.2, -0.15) is 0 Å². The smallest absolute Gasteiger partial charge is 0.220 e. The second-order valence-corrected chi connectivity index (χ2v) is 4.70. The second kappa shape index (κ2) is 11.4. The second-order valence-electron chi connectivity index (χ2n) is 4.70. The van der Waals surface area contributed by atoms with Gasteiger partial charge in [-0.05, 0) is 46.1 Å². The molecular weight excluding hydrogens is 260 g/mol. The molecule has 0 rings (SSSR count). The first kappa shape index (κ1) is 18.5. The van der Waals surface area contributed by atoms with E-state index < -0.39 is 6.04 Å². The van der Waals surface area contributed by atoms with Crippen molar-refractivity contribution in [3.8, 4) is 0 Å². The van der Waals surface area contributed by atoms with Crippen molar-refractivity contribution in [2.75, 3.05) is 13.1 Å². The number of nitrogens with two attached hydrogens (primary N) is 1. The Hall–Kier alpha value is -1.47. The molecule has 1 amide bonds. The highest BCUT2D eigenvalue weighted by atomic mass is 16.5. The molecule has 116 valence electrons. The molecule has 0 aliphatic rings. The van der Waals surface area contributed by atoms with Crippen LogP contribution in [0.5, 0.6) is 0 Å². The predicted molar refractivity (Wildman–Crippen MR) is 77.6 cm³/mol. The van der Waals surface area contributed by atoms with E-state index in [0.717, 1.165) is 12.8 Å². The van der Waals surface area contributed by atoms with Gasteiger partial charge in [-0.25, -0.2) is 0 Å². The van der Waals surface area contributed by atoms with E-state index in [2.05, 4.69) is 10.3 Å². The predicted octanol–water partition coefficient (Wildman–Crippen LogP) is 0.367. The first-order chi connectivity index (χ1) is 9.51. The Balaban J connectivity index is 3.97. The number of rotatable bonds is 10. The van der Waals surface area contributed by atoms with Gasteiger partial charge in [-0.15, -0.1) is 0 Å². The fourth-order valence-corrected chi connectivity index (χ4v) is 1.65. The van der Waals surface area contributed by atoms with Crippen LogP contribution in [-0.2, 0) is 9.59 Å². The van der Waals surface area contributed by atoms with Gasteiger partial charge in [0.05, 0.1) is 6.04 Å². The van der Waals surface area contributed by atoms with Crippen LogP contribution in [0.2, 0.25) is 0 Å². The third-order valence-electron chi connectivity index (χ3n) is 2.85. The minimum absolute atomic E-state index is 0.0391. The summed E-state index contributed by atoms with van der Waals surface area (Å²) in [7, 11) is 0. The van der Waals surface area contributed by atoms with E-state index in [1.807, 2.05) is 5.48 Å². The highest BCUT2D eigenvalue weighted by Gasteiger charge is 2.15. The Morgan fingerprint density at radius 3 is 2.50 bits per heavy atom. The molecule has 0 bridgehead atoms. The van der Waals surface area contributed by atoms with E-state index in [4.69, 9.17) is 10.9 Å². The molecule has 5 N–H and O–H groups in total. The van der Waals surface area contributed by atoms with Gasteiger partial charge in [0.15, 0.2) is 5.78 Å². The Morgan fingerprint density at radius 1 is 1.25 bits per heavy atom. The van der Waals surface area contributed by atoms with Crippen LogP contribution in [0.1, 0.15) is 46.0 Å². The molecule has 0 aromatic carbocycles. The summed E-state index contributed by atoms with van der Waals surface area (Å²) in [5.74, 6) is 0.292. The standard InChI is InChI=1S/C13H26N4O3/c1-10(18)12(16-13(19)7-5-8-14)6-3-4-9-15-11(2)17-20/h12,20H,3-9,14H2,1-2H3,(H,15,17)(H,16,19). The van der Waals surface area contributed by atoms with Crippen molar-refractivity contribution in [2.45, 2.75) is 52.0 Å². The van der Waals surface area contributed by atoms with Crippen LogP contribution in [0.25, 0.3) is 0 Å². The SMILES string of the molecule is CC(=O)C(CCCCN=C(C)NO)NC(=O)CCCN. The van der Waals surface area contributed by atoms with E-state index in [9.17, 15) is 9.59 Å². The number of hydroxylamine groups is 1. The average Bonchev–Trinajstić information content (AvgIpc) is 2.42. The molecule has 0 aromatic rings. The van der Waals surface area contributed by atoms with Crippen molar-refractivity contribution in [2.24, 2.45) is 10.7 Å². The van der Waals surface area contributed by atoms with Gasteiger partial charge in [0.25, 0.3) is 0 Å². The Bertz CT molecular complexity index is 332. The fourth-order valence-electron chi connectivity index (χ4n) is 1.65. The van der Waals surface area contributed by atoms with Crippen LogP contribution in [0.4, 0.5) is 0 Å². The number of Topliss-reactive ketones (excluding diaryl/α,β-unsaturated/α-hetero) is 1. The lowest BCUT2D eigenvalue weighted by Crippen LogP contribution is -2.39. The summed E-state index contributed by atoms with van der Waals surface area (Å²) >= 11 is 0. The van der Waals surface area contributed by atoms with Gasteiger partial charge in [-0.1, -0.05) is 0 Å². The van der Waals surface area contributed by atoms with Crippen molar-refractivity contribution in [1.29, 1.82) is 0 Å². The molecule has 20 heavy (non-hydrogen) atoms. The molecule has 0 aliphatic heterocycles. The van der Waals surface area contributed by atoms with E-state index in [1.54, 1.807) is 6.92 Å². The lowest BCUT2D eigenvalue weighted by molar-refractivity contribution is -0.127. The molecule has 0 saturated heterocycles. The molecule has 7 nitrogen and oxygen atoms in total. The molecule has 1 atom stereocenters. The number of ketones is 1. The highest BCUT2D eigenvalue weighted by molar-refractivity contribution is 5.87. The van der Waals surface area contributed by atoms with Crippen LogP contribution >= 0.6 is 0 Å². The van der Waals surface area contributed by atoms with Crippen LogP contribution in [0.3, 0.4) is 0 Å². The molecular formula is C13H26N4O3. The maximum absolute atomic E-state index is 11.6. The molecule has 0 radical (unpaired) electrons. The van der Waals surface area contributed by atoms with Gasteiger partial charge in [0.1, 0.15) is 5.84 Å². The Kier molecular flexibility index (Phi) is 10.5. The van der Waals surface area contributed by atoms with Crippen LogP contribution in [0, 0.1) is 0 Å². The summed E-state index contributed by atoms with van der Waals surface area (Å²) in [6.07, 6.45) is 3.15. The zero-order chi connectivity index (χ0) is 15.4. The topological polar surface area (TPSA) is 117 Å². The van der Waals surface area contributed by atoms with Gasteiger partial charge in [0, 0.05) is 13.0 Å². The Morgan fingerprint density at radius 2 is 1.95 bits per heavy atom. The number of carbonyl (C=O) groups is 2. The lowest BCUT2D eigenvalue weighted by atomic mass is 10.1. The van der Waals surface area contributed by atoms with E-state index >= 15 is 0 Å². The zero-order valence-electron chi connectivity index (χ0n) is 12.3. The number of unbranched alkanes of at least 4 members (excludes halogenated alkanes) is 1. The molecule has 0 heterocycles. The number of hydrogen-bond acceptors (Lipinski definition) is 5. The number of aliphatic imine (C=N–C) groups is 1. The van der Waals surface area contributed by atoms with Crippen molar-refractivity contribution < 1.29 is 14.8 Å². The number of amides is 1. The number of amidine groups is 1. The van der Waals surface area contributed by atoms with Crippen LogP contribution < -0.4 is 16.5 Å². The average molecular weight is 286 g/mol. The van der Waals surface area contributed by atoms with Gasteiger partial charge in [-0.3, -0.25) is 25.3 Å². The quantitative estimate of drug-likeness (QED) is 0.200. The van der Waals surface area contributed by atoms with Gasteiger partial charge < -0.3 is 11.1 Å². The van der Waals surface area contributed by atoms with E-state index in [0.29, 0.717) is 38.2 Å². The summed E-state index contributed by atoms with van der Waals surface area (Å²) in [4.78, 5) is 27.1. The molecule has 0 fully saturated rings. The summed E-state index contributed by atoms with van der Waals surface area (Å²) in [6, 6.07) is -0.429. The zero-order valence-corrected chi connectivity index (χ0v) is 12.3. The van der Waals surface area contributed by atoms with Crippen molar-refractivity contribution in [3.63, 3.8) is 0 Å². The maximum Gasteiger partial charge on any atom is 0.220 e. The molecule has 0 saturated carbocycles. The monoisotopic (exact) mass is 286 g/mol. The number of hydrogen-bond donors (Lipinski definition) is 4. The normalized spacial score (nSPS) is 12.9. The van der Waals surface area contributed by atoms with Gasteiger partial charge in [0.2, 0.25) is 5.91 Å². The maximum atomic E-state index is 11.6. The minimum atomic E-state index is -0.429. The third kappa shape index (κ3) is 9.46. The summed E-state index contributed by atoms with van der Waals surface area (Å²) in [6.45, 7) is 4.18. The number of nitrogens with zero attached hydrogens (tertiary/aromatic N) is 1. The molecule has 0 aliphatic carbocycles. The molecule has 1 unspecified atom stereocenters. The number of nitrogens with one attached hydrogen (secondary N) is 2. The lowest BCUT2D eigenvalue weighted by Gasteiger charge is -2.15. The molecule has 0 spiro atoms. The largest absolute Gasteiger partial charge is 0.346 e. The fraction of sp³-hybridized carbons (Fsp3) is 0.769. The Labute approximate surface area is 120 Å². The summed E-state index contributed by atoms with van der Waals surface area (Å²) in [5, 5.41) is 11.3. The first-order valence-electron chi connectivity index (χ1n) is 6.92. The van der Waals surface area contributed by atoms with Crippen molar-refractivity contribution in [3.05, 3.63) is 0 Å². The minimum Gasteiger partial charge on any atom is -0.346 e. The van der Waals surface area contributed by atoms with Crippen molar-refractivity contribution in [1.82, 2.24) is 10.8 Å². The summed E-state index contributed by atoms with van der Waals surface area (Å²) in [5.41, 5.74) is 7.29. The van der Waals surface area contributed by atoms with Crippen LogP contribution in [0.15, 0.2) is 4.99 Å². The van der Waals surface area contributed by atoms with Crippen LogP contribution in [-0.4, -0.2) is 41.9 Å². The third-order valence-corrected chi connectivity index (χ3v) is 2.85. The summed E-state index contributed by atoms with van der Waals surface area (Å²) < 4.78 is 0. The molecule has 0 aromatic heterocycles. The van der Waals surface area contributed by atoms with E-state index in [-0.39, 0.29) is 11.7 Å². The van der Waals surface area contributed by atoms with E-state index in [1.165, 1.54) is 6.92 Å². The van der Waals surface area contributed by atoms with Gasteiger partial charge >= 0.3 is 0 Å². The first-order valence-corrected chi connectivity index (χ1v) is 6.92. The molecule has 7 heteroatoms. The van der Waals surface area contributed by atoms with Crippen molar-refractivity contribution >= 4 is 17.5 Å². The highest BCUT2D eigenvalue weighted by Crippen LogP contribution is 2.03.